The fourth-order valence-electron chi connectivity index (χ4n) is 2.24. The van der Waals surface area contributed by atoms with Crippen LogP contribution in [0.15, 0.2) is 60.7 Å². The van der Waals surface area contributed by atoms with Crippen LogP contribution in [0.3, 0.4) is 0 Å². The SMILES string of the molecule is O=C(COCc1ccccc1)N[C@@H](CC(=O)OCc1ccccc1)C(=O)O. The van der Waals surface area contributed by atoms with E-state index in [1.165, 1.54) is 0 Å². The topological polar surface area (TPSA) is 102 Å². The number of benzene rings is 2. The molecule has 7 nitrogen and oxygen atoms in total. The number of hydrogen-bond donors (Lipinski definition) is 2. The minimum absolute atomic E-state index is 0.0418. The van der Waals surface area contributed by atoms with Crippen LogP contribution in [0.25, 0.3) is 0 Å². The number of amides is 1. The van der Waals surface area contributed by atoms with Crippen molar-refractivity contribution >= 4 is 17.8 Å². The molecular formula is C20H21NO6. The zero-order chi connectivity index (χ0) is 19.5. The first-order chi connectivity index (χ1) is 13.0. The van der Waals surface area contributed by atoms with Crippen LogP contribution < -0.4 is 5.32 Å². The Morgan fingerprint density at radius 2 is 1.44 bits per heavy atom. The molecule has 0 heterocycles. The monoisotopic (exact) mass is 371 g/mol. The second-order valence-electron chi connectivity index (χ2n) is 5.79. The standard InChI is InChI=1S/C20H21NO6/c22-18(14-26-12-15-7-3-1-4-8-15)21-17(20(24)25)11-19(23)27-13-16-9-5-2-6-10-16/h1-10,17H,11-14H2,(H,21,22)(H,24,25)/t17-/m0/s1. The van der Waals surface area contributed by atoms with Gasteiger partial charge in [-0.25, -0.2) is 4.79 Å². The molecule has 2 aromatic carbocycles. The van der Waals surface area contributed by atoms with Crippen LogP contribution in [0.1, 0.15) is 17.5 Å². The van der Waals surface area contributed by atoms with Crippen molar-refractivity contribution < 1.29 is 29.0 Å². The van der Waals surface area contributed by atoms with Crippen LogP contribution in [0.5, 0.6) is 0 Å². The summed E-state index contributed by atoms with van der Waals surface area (Å²) in [5, 5.41) is 11.5. The van der Waals surface area contributed by atoms with Crippen molar-refractivity contribution in [3.63, 3.8) is 0 Å². The first kappa shape index (κ1) is 20.1. The number of aliphatic carboxylic acids is 1. The second kappa shape index (κ2) is 10.7. The fraction of sp³-hybridized carbons (Fsp3) is 0.250. The summed E-state index contributed by atoms with van der Waals surface area (Å²) in [6.45, 7) is -0.0387. The lowest BCUT2D eigenvalue weighted by Gasteiger charge is -2.14. The molecule has 0 bridgehead atoms. The first-order valence-electron chi connectivity index (χ1n) is 8.38. The van der Waals surface area contributed by atoms with Gasteiger partial charge in [0.2, 0.25) is 5.91 Å². The lowest BCUT2D eigenvalue weighted by Crippen LogP contribution is -2.44. The third kappa shape index (κ3) is 7.70. The third-order valence-corrected chi connectivity index (χ3v) is 3.59. The van der Waals surface area contributed by atoms with Gasteiger partial charge in [0, 0.05) is 0 Å². The molecule has 1 atom stereocenters. The van der Waals surface area contributed by atoms with E-state index in [1.54, 1.807) is 24.3 Å². The summed E-state index contributed by atoms with van der Waals surface area (Å²) in [6.07, 6.45) is -0.466. The predicted molar refractivity (Wildman–Crippen MR) is 96.5 cm³/mol. The van der Waals surface area contributed by atoms with Crippen molar-refractivity contribution in [2.75, 3.05) is 6.61 Å². The largest absolute Gasteiger partial charge is 0.480 e. The summed E-state index contributed by atoms with van der Waals surface area (Å²) in [7, 11) is 0. The molecule has 1 amide bonds. The molecule has 0 aromatic heterocycles. The zero-order valence-corrected chi connectivity index (χ0v) is 14.7. The molecule has 2 N–H and O–H groups in total. The van der Waals surface area contributed by atoms with Crippen LogP contribution in [0, 0.1) is 0 Å². The number of esters is 1. The maximum absolute atomic E-state index is 11.9. The van der Waals surface area contributed by atoms with Gasteiger partial charge >= 0.3 is 11.9 Å². The van der Waals surface area contributed by atoms with E-state index < -0.39 is 30.3 Å². The van der Waals surface area contributed by atoms with E-state index in [9.17, 15) is 19.5 Å². The summed E-state index contributed by atoms with van der Waals surface area (Å²) in [5.74, 6) is -2.64. The number of carboxylic acids is 1. The highest BCUT2D eigenvalue weighted by atomic mass is 16.5. The van der Waals surface area contributed by atoms with Crippen LogP contribution in [0.4, 0.5) is 0 Å². The number of carbonyl (C=O) groups is 3. The van der Waals surface area contributed by atoms with E-state index in [4.69, 9.17) is 9.47 Å². The third-order valence-electron chi connectivity index (χ3n) is 3.59. The number of ether oxygens (including phenoxy) is 2. The van der Waals surface area contributed by atoms with Gasteiger partial charge in [-0.2, -0.15) is 0 Å². The van der Waals surface area contributed by atoms with Crippen LogP contribution >= 0.6 is 0 Å². The van der Waals surface area contributed by atoms with Crippen molar-refractivity contribution in [1.82, 2.24) is 5.32 Å². The number of hydrogen-bond acceptors (Lipinski definition) is 5. The maximum Gasteiger partial charge on any atom is 0.326 e. The lowest BCUT2D eigenvalue weighted by molar-refractivity contribution is -0.151. The van der Waals surface area contributed by atoms with E-state index in [0.717, 1.165) is 11.1 Å². The normalized spacial score (nSPS) is 11.4. The molecule has 0 saturated carbocycles. The fourth-order valence-corrected chi connectivity index (χ4v) is 2.24. The minimum atomic E-state index is -1.37. The summed E-state index contributed by atoms with van der Waals surface area (Å²) in [6, 6.07) is 16.9. The lowest BCUT2D eigenvalue weighted by atomic mass is 10.2. The van der Waals surface area contributed by atoms with Crippen molar-refractivity contribution in [2.45, 2.75) is 25.7 Å². The van der Waals surface area contributed by atoms with Gasteiger partial charge < -0.3 is 19.9 Å². The summed E-state index contributed by atoms with van der Waals surface area (Å²) in [5.41, 5.74) is 1.68. The Balaban J connectivity index is 1.74. The summed E-state index contributed by atoms with van der Waals surface area (Å²) in [4.78, 5) is 35.0. The molecule has 7 heteroatoms. The van der Waals surface area contributed by atoms with Crippen molar-refractivity contribution in [3.05, 3.63) is 71.8 Å². The van der Waals surface area contributed by atoms with E-state index in [0.29, 0.717) is 0 Å². The molecule has 0 aliphatic rings. The molecule has 2 rings (SSSR count). The zero-order valence-electron chi connectivity index (χ0n) is 14.7. The molecule has 0 saturated heterocycles. The highest BCUT2D eigenvalue weighted by Crippen LogP contribution is 2.04. The Morgan fingerprint density at radius 3 is 2.00 bits per heavy atom. The van der Waals surface area contributed by atoms with Crippen LogP contribution in [-0.4, -0.2) is 35.6 Å². The Morgan fingerprint density at radius 1 is 0.889 bits per heavy atom. The quantitative estimate of drug-likeness (QED) is 0.619. The van der Waals surface area contributed by atoms with Gasteiger partial charge in [0.25, 0.3) is 0 Å². The Kier molecular flexibility index (Phi) is 7.99. The van der Waals surface area contributed by atoms with Crippen molar-refractivity contribution in [2.24, 2.45) is 0 Å². The number of carbonyl (C=O) groups excluding carboxylic acids is 2. The van der Waals surface area contributed by atoms with Crippen molar-refractivity contribution in [1.29, 1.82) is 0 Å². The van der Waals surface area contributed by atoms with Gasteiger partial charge in [0.1, 0.15) is 19.3 Å². The summed E-state index contributed by atoms with van der Waals surface area (Å²) >= 11 is 0. The Bertz CT molecular complexity index is 748. The van der Waals surface area contributed by atoms with Gasteiger partial charge in [0.15, 0.2) is 0 Å². The van der Waals surface area contributed by atoms with Crippen LogP contribution in [-0.2, 0) is 37.1 Å². The van der Waals surface area contributed by atoms with Gasteiger partial charge in [-0.05, 0) is 11.1 Å². The van der Waals surface area contributed by atoms with Crippen molar-refractivity contribution in [3.8, 4) is 0 Å². The maximum atomic E-state index is 11.9. The molecular weight excluding hydrogens is 350 g/mol. The minimum Gasteiger partial charge on any atom is -0.480 e. The smallest absolute Gasteiger partial charge is 0.326 e. The Hall–Kier alpha value is -3.19. The van der Waals surface area contributed by atoms with Crippen LogP contribution in [0.2, 0.25) is 0 Å². The van der Waals surface area contributed by atoms with Gasteiger partial charge in [-0.1, -0.05) is 60.7 Å². The van der Waals surface area contributed by atoms with Gasteiger partial charge in [-0.15, -0.1) is 0 Å². The molecule has 0 unspecified atom stereocenters. The average Bonchev–Trinajstić information content (AvgIpc) is 2.67. The molecule has 0 radical (unpaired) electrons. The summed E-state index contributed by atoms with van der Waals surface area (Å²) < 4.78 is 10.3. The highest BCUT2D eigenvalue weighted by molar-refractivity contribution is 5.87. The van der Waals surface area contributed by atoms with E-state index in [-0.39, 0.29) is 19.8 Å². The molecule has 0 aliphatic heterocycles. The molecule has 0 fully saturated rings. The van der Waals surface area contributed by atoms with Gasteiger partial charge in [0.05, 0.1) is 13.0 Å². The number of nitrogens with one attached hydrogen (secondary N) is 1. The highest BCUT2D eigenvalue weighted by Gasteiger charge is 2.24. The second-order valence-corrected chi connectivity index (χ2v) is 5.79. The molecule has 142 valence electrons. The van der Waals surface area contributed by atoms with E-state index in [1.807, 2.05) is 36.4 Å². The van der Waals surface area contributed by atoms with Gasteiger partial charge in [-0.3, -0.25) is 9.59 Å². The van der Waals surface area contributed by atoms with E-state index >= 15 is 0 Å². The Labute approximate surface area is 156 Å². The predicted octanol–water partition coefficient (Wildman–Crippen LogP) is 1.91. The number of carboxylic acid groups (broad SMARTS) is 1. The molecule has 2 aromatic rings. The number of rotatable bonds is 10. The molecule has 27 heavy (non-hydrogen) atoms. The average molecular weight is 371 g/mol. The molecule has 0 aliphatic carbocycles. The van der Waals surface area contributed by atoms with E-state index in [2.05, 4.69) is 5.32 Å². The molecule has 0 spiro atoms. The first-order valence-corrected chi connectivity index (χ1v) is 8.38.